The van der Waals surface area contributed by atoms with Gasteiger partial charge < -0.3 is 10.6 Å². The Morgan fingerprint density at radius 1 is 1.20 bits per heavy atom. The molecule has 0 saturated heterocycles. The predicted molar refractivity (Wildman–Crippen MR) is 95.0 cm³/mol. The van der Waals surface area contributed by atoms with Gasteiger partial charge in [0.25, 0.3) is 17.5 Å². The number of benzene rings is 2. The summed E-state index contributed by atoms with van der Waals surface area (Å²) in [5.41, 5.74) is 0.233. The Labute approximate surface area is 148 Å². The van der Waals surface area contributed by atoms with Crippen molar-refractivity contribution in [1.82, 2.24) is 5.32 Å². The summed E-state index contributed by atoms with van der Waals surface area (Å²) in [5, 5.41) is 16.1. The van der Waals surface area contributed by atoms with Crippen molar-refractivity contribution in [2.24, 2.45) is 0 Å². The Kier molecular flexibility index (Phi) is 5.86. The molecule has 7 nitrogen and oxygen atoms in total. The molecule has 0 aromatic heterocycles. The fourth-order valence-corrected chi connectivity index (χ4v) is 2.23. The van der Waals surface area contributed by atoms with Gasteiger partial charge in [-0.3, -0.25) is 19.7 Å². The molecule has 0 saturated carbocycles. The molecule has 0 aliphatic rings. The second-order valence-electron chi connectivity index (χ2n) is 4.92. The van der Waals surface area contributed by atoms with Crippen molar-refractivity contribution in [3.05, 3.63) is 81.4 Å². The van der Waals surface area contributed by atoms with Crippen molar-refractivity contribution < 1.29 is 14.5 Å². The first-order valence-electron chi connectivity index (χ1n) is 7.17. The third-order valence-electron chi connectivity index (χ3n) is 3.23. The number of anilines is 1. The second kappa shape index (κ2) is 8.07. The minimum absolute atomic E-state index is 0.0532. The van der Waals surface area contributed by atoms with Gasteiger partial charge in [0.15, 0.2) is 0 Å². The van der Waals surface area contributed by atoms with Crippen LogP contribution in [0.15, 0.2) is 55.1 Å². The Bertz CT molecular complexity index is 852. The number of nitro groups is 1. The van der Waals surface area contributed by atoms with Crippen LogP contribution in [0.2, 0.25) is 5.02 Å². The first-order chi connectivity index (χ1) is 11.9. The van der Waals surface area contributed by atoms with E-state index >= 15 is 0 Å². The van der Waals surface area contributed by atoms with Crippen LogP contribution in [-0.2, 0) is 0 Å². The van der Waals surface area contributed by atoms with E-state index in [9.17, 15) is 19.7 Å². The summed E-state index contributed by atoms with van der Waals surface area (Å²) in [6.07, 6.45) is 1.53. The van der Waals surface area contributed by atoms with E-state index in [1.54, 1.807) is 24.3 Å². The average molecular weight is 360 g/mol. The van der Waals surface area contributed by atoms with E-state index in [4.69, 9.17) is 11.6 Å². The minimum Gasteiger partial charge on any atom is -0.349 e. The van der Waals surface area contributed by atoms with Crippen molar-refractivity contribution in [1.29, 1.82) is 0 Å². The first kappa shape index (κ1) is 18.2. The van der Waals surface area contributed by atoms with Crippen LogP contribution >= 0.6 is 11.6 Å². The zero-order valence-corrected chi connectivity index (χ0v) is 13.7. The summed E-state index contributed by atoms with van der Waals surface area (Å²) in [7, 11) is 0. The summed E-state index contributed by atoms with van der Waals surface area (Å²) in [6.45, 7) is 3.80. The number of rotatable bonds is 6. The Morgan fingerprint density at radius 3 is 2.60 bits per heavy atom. The number of nitrogens with zero attached hydrogens (tertiary/aromatic N) is 1. The standard InChI is InChI=1S/C17H14ClN3O4/c1-2-9-19-17(23)12-5-3-4-6-14(12)20-16(22)11-7-8-13(18)15(10-11)21(24)25/h2-8,10H,1,9H2,(H,19,23)(H,20,22). The van der Waals surface area contributed by atoms with Gasteiger partial charge in [-0.2, -0.15) is 0 Å². The van der Waals surface area contributed by atoms with Crippen LogP contribution in [-0.4, -0.2) is 23.3 Å². The molecule has 2 amide bonds. The van der Waals surface area contributed by atoms with E-state index in [1.807, 2.05) is 0 Å². The zero-order valence-electron chi connectivity index (χ0n) is 13.0. The topological polar surface area (TPSA) is 101 Å². The molecular weight excluding hydrogens is 346 g/mol. The van der Waals surface area contributed by atoms with Crippen molar-refractivity contribution in [3.8, 4) is 0 Å². The maximum atomic E-state index is 12.4. The number of para-hydroxylation sites is 1. The van der Waals surface area contributed by atoms with Gasteiger partial charge in [0.2, 0.25) is 0 Å². The number of nitro benzene ring substituents is 1. The molecule has 0 radical (unpaired) electrons. The van der Waals surface area contributed by atoms with Crippen LogP contribution in [0, 0.1) is 10.1 Å². The van der Waals surface area contributed by atoms with Crippen LogP contribution in [0.5, 0.6) is 0 Å². The molecule has 2 rings (SSSR count). The maximum absolute atomic E-state index is 12.4. The highest BCUT2D eigenvalue weighted by Gasteiger charge is 2.18. The third kappa shape index (κ3) is 4.42. The molecule has 0 spiro atoms. The van der Waals surface area contributed by atoms with Crippen molar-refractivity contribution in [2.45, 2.75) is 0 Å². The minimum atomic E-state index is -0.671. The molecular formula is C17H14ClN3O4. The molecule has 0 atom stereocenters. The highest BCUT2D eigenvalue weighted by Crippen LogP contribution is 2.25. The van der Waals surface area contributed by atoms with Crippen LogP contribution in [0.25, 0.3) is 0 Å². The zero-order chi connectivity index (χ0) is 18.4. The molecule has 0 unspecified atom stereocenters. The molecule has 25 heavy (non-hydrogen) atoms. The number of hydrogen-bond acceptors (Lipinski definition) is 4. The normalized spacial score (nSPS) is 9.96. The second-order valence-corrected chi connectivity index (χ2v) is 5.33. The lowest BCUT2D eigenvalue weighted by molar-refractivity contribution is -0.384. The lowest BCUT2D eigenvalue weighted by Gasteiger charge is -2.11. The predicted octanol–water partition coefficient (Wildman–Crippen LogP) is 3.42. The summed E-state index contributed by atoms with van der Waals surface area (Å²) >= 11 is 5.74. The monoisotopic (exact) mass is 359 g/mol. The van der Waals surface area contributed by atoms with Crippen LogP contribution in [0.1, 0.15) is 20.7 Å². The Hall–Kier alpha value is -3.19. The highest BCUT2D eigenvalue weighted by molar-refractivity contribution is 6.32. The lowest BCUT2D eigenvalue weighted by atomic mass is 10.1. The van der Waals surface area contributed by atoms with E-state index in [0.717, 1.165) is 6.07 Å². The lowest BCUT2D eigenvalue weighted by Crippen LogP contribution is -2.25. The van der Waals surface area contributed by atoms with Crippen molar-refractivity contribution >= 4 is 34.8 Å². The smallest absolute Gasteiger partial charge is 0.288 e. The Morgan fingerprint density at radius 2 is 1.92 bits per heavy atom. The summed E-state index contributed by atoms with van der Waals surface area (Å²) in [5.74, 6) is -0.971. The van der Waals surface area contributed by atoms with Crippen LogP contribution in [0.3, 0.4) is 0 Å². The van der Waals surface area contributed by atoms with Crippen molar-refractivity contribution in [2.75, 3.05) is 11.9 Å². The van der Waals surface area contributed by atoms with E-state index in [-0.39, 0.29) is 40.0 Å². The van der Waals surface area contributed by atoms with E-state index in [0.29, 0.717) is 0 Å². The van der Waals surface area contributed by atoms with E-state index in [1.165, 1.54) is 18.2 Å². The molecule has 0 aliphatic carbocycles. The number of hydrogen-bond donors (Lipinski definition) is 2. The number of halogens is 1. The van der Waals surface area contributed by atoms with Gasteiger partial charge in [0.1, 0.15) is 5.02 Å². The quantitative estimate of drug-likeness (QED) is 0.468. The van der Waals surface area contributed by atoms with Crippen molar-refractivity contribution in [3.63, 3.8) is 0 Å². The summed E-state index contributed by atoms with van der Waals surface area (Å²) < 4.78 is 0. The molecule has 0 heterocycles. The third-order valence-corrected chi connectivity index (χ3v) is 3.55. The number of nitrogens with one attached hydrogen (secondary N) is 2. The molecule has 0 aliphatic heterocycles. The maximum Gasteiger partial charge on any atom is 0.288 e. The summed E-state index contributed by atoms with van der Waals surface area (Å²) in [4.78, 5) is 34.7. The first-order valence-corrected chi connectivity index (χ1v) is 7.55. The molecule has 128 valence electrons. The molecule has 2 aromatic rings. The summed E-state index contributed by atoms with van der Waals surface area (Å²) in [6, 6.07) is 10.2. The SMILES string of the molecule is C=CCNC(=O)c1ccccc1NC(=O)c1ccc(Cl)c([N+](=O)[O-])c1. The van der Waals surface area contributed by atoms with Crippen LogP contribution in [0.4, 0.5) is 11.4 Å². The largest absolute Gasteiger partial charge is 0.349 e. The fraction of sp³-hybridized carbons (Fsp3) is 0.0588. The van der Waals surface area contributed by atoms with Gasteiger partial charge in [-0.15, -0.1) is 6.58 Å². The Balaban J connectivity index is 2.27. The van der Waals surface area contributed by atoms with Gasteiger partial charge in [0.05, 0.1) is 16.2 Å². The number of amides is 2. The van der Waals surface area contributed by atoms with E-state index < -0.39 is 10.8 Å². The highest BCUT2D eigenvalue weighted by atomic mass is 35.5. The van der Waals surface area contributed by atoms with Gasteiger partial charge in [-0.25, -0.2) is 0 Å². The molecule has 0 bridgehead atoms. The van der Waals surface area contributed by atoms with Gasteiger partial charge in [-0.1, -0.05) is 29.8 Å². The molecule has 8 heteroatoms. The molecule has 2 aromatic carbocycles. The van der Waals surface area contributed by atoms with E-state index in [2.05, 4.69) is 17.2 Å². The molecule has 2 N–H and O–H groups in total. The fourth-order valence-electron chi connectivity index (χ4n) is 2.04. The van der Waals surface area contributed by atoms with Gasteiger partial charge >= 0.3 is 0 Å². The van der Waals surface area contributed by atoms with Crippen LogP contribution < -0.4 is 10.6 Å². The average Bonchev–Trinajstić information content (AvgIpc) is 2.60. The number of carbonyl (C=O) groups is 2. The van der Waals surface area contributed by atoms with Gasteiger partial charge in [-0.05, 0) is 24.3 Å². The van der Waals surface area contributed by atoms with Gasteiger partial charge in [0, 0.05) is 18.2 Å². The molecule has 0 fully saturated rings. The number of carbonyl (C=O) groups excluding carboxylic acids is 2.